The Balaban J connectivity index is 2.21. The second-order valence-corrected chi connectivity index (χ2v) is 8.96. The summed E-state index contributed by atoms with van der Waals surface area (Å²) < 4.78 is 5.76. The average molecular weight is 425 g/mol. The Kier molecular flexibility index (Phi) is 8.66. The summed E-state index contributed by atoms with van der Waals surface area (Å²) >= 11 is 0. The van der Waals surface area contributed by atoms with Gasteiger partial charge in [0, 0.05) is 12.1 Å². The minimum atomic E-state index is -0.571. The first kappa shape index (κ1) is 24.4. The predicted molar refractivity (Wildman–Crippen MR) is 125 cm³/mol. The molecule has 2 aromatic rings. The number of nitrogens with one attached hydrogen (secondary N) is 1. The number of rotatable bonds is 9. The Labute approximate surface area is 186 Å². The summed E-state index contributed by atoms with van der Waals surface area (Å²) in [5.74, 6) is 0.286. The zero-order chi connectivity index (χ0) is 23.0. The number of benzene rings is 2. The van der Waals surface area contributed by atoms with Crippen molar-refractivity contribution in [2.24, 2.45) is 0 Å². The van der Waals surface area contributed by atoms with Crippen LogP contribution in [0, 0.1) is 6.92 Å². The van der Waals surface area contributed by atoms with Crippen molar-refractivity contribution in [2.75, 3.05) is 6.61 Å². The Hall–Kier alpha value is -2.82. The molecular formula is C26H36N2O3. The minimum Gasteiger partial charge on any atom is -0.484 e. The molecule has 0 bridgehead atoms. The molecule has 31 heavy (non-hydrogen) atoms. The fourth-order valence-corrected chi connectivity index (χ4v) is 3.43. The number of amides is 2. The summed E-state index contributed by atoms with van der Waals surface area (Å²) in [6, 6.07) is 15.2. The molecule has 168 valence electrons. The predicted octanol–water partition coefficient (Wildman–Crippen LogP) is 4.66. The van der Waals surface area contributed by atoms with Gasteiger partial charge in [0.25, 0.3) is 5.91 Å². The van der Waals surface area contributed by atoms with Crippen molar-refractivity contribution in [2.45, 2.75) is 72.5 Å². The van der Waals surface area contributed by atoms with Crippen LogP contribution in [0.1, 0.15) is 57.7 Å². The first-order valence-corrected chi connectivity index (χ1v) is 11.0. The lowest BCUT2D eigenvalue weighted by molar-refractivity contribution is -0.143. The molecule has 2 amide bonds. The Bertz CT molecular complexity index is 869. The Morgan fingerprint density at radius 3 is 2.26 bits per heavy atom. The smallest absolute Gasteiger partial charge is 0.261 e. The van der Waals surface area contributed by atoms with Gasteiger partial charge in [-0.2, -0.15) is 0 Å². The van der Waals surface area contributed by atoms with Gasteiger partial charge in [-0.05, 0) is 63.8 Å². The molecule has 2 aromatic carbocycles. The maximum atomic E-state index is 13.2. The van der Waals surface area contributed by atoms with E-state index in [0.29, 0.717) is 18.7 Å². The van der Waals surface area contributed by atoms with E-state index in [2.05, 4.69) is 12.2 Å². The first-order valence-electron chi connectivity index (χ1n) is 11.0. The van der Waals surface area contributed by atoms with Gasteiger partial charge in [0.2, 0.25) is 5.91 Å². The number of carbonyl (C=O) groups is 2. The lowest BCUT2D eigenvalue weighted by atomic mass is 10.1. The van der Waals surface area contributed by atoms with Crippen molar-refractivity contribution >= 4 is 11.8 Å². The second-order valence-electron chi connectivity index (χ2n) is 8.96. The van der Waals surface area contributed by atoms with Crippen LogP contribution in [-0.4, -0.2) is 34.9 Å². The second kappa shape index (κ2) is 11.0. The van der Waals surface area contributed by atoms with E-state index < -0.39 is 6.04 Å². The van der Waals surface area contributed by atoms with E-state index in [-0.39, 0.29) is 24.0 Å². The SMILES string of the molecule is CCc1ccc(OCC(=O)N(Cc2cccc(C)c2)[C@@H](CC)C(=O)NC(C)(C)C)cc1. The molecule has 0 aromatic heterocycles. The van der Waals surface area contributed by atoms with E-state index in [0.717, 1.165) is 17.5 Å². The van der Waals surface area contributed by atoms with Crippen LogP contribution in [0.4, 0.5) is 0 Å². The van der Waals surface area contributed by atoms with Gasteiger partial charge >= 0.3 is 0 Å². The van der Waals surface area contributed by atoms with Crippen LogP contribution >= 0.6 is 0 Å². The maximum Gasteiger partial charge on any atom is 0.261 e. The van der Waals surface area contributed by atoms with Crippen LogP contribution in [-0.2, 0) is 22.6 Å². The first-order chi connectivity index (χ1) is 14.6. The monoisotopic (exact) mass is 424 g/mol. The van der Waals surface area contributed by atoms with Gasteiger partial charge in [-0.25, -0.2) is 0 Å². The molecule has 1 N–H and O–H groups in total. The summed E-state index contributed by atoms with van der Waals surface area (Å²) in [4.78, 5) is 27.8. The van der Waals surface area contributed by atoms with Crippen LogP contribution < -0.4 is 10.1 Å². The van der Waals surface area contributed by atoms with E-state index in [1.165, 1.54) is 5.56 Å². The molecule has 0 fully saturated rings. The Morgan fingerprint density at radius 2 is 1.71 bits per heavy atom. The van der Waals surface area contributed by atoms with Crippen LogP contribution in [0.5, 0.6) is 5.75 Å². The lowest BCUT2D eigenvalue weighted by Gasteiger charge is -2.33. The quantitative estimate of drug-likeness (QED) is 0.637. The molecule has 5 heteroatoms. The van der Waals surface area contributed by atoms with Crippen LogP contribution in [0.15, 0.2) is 48.5 Å². The number of carbonyl (C=O) groups excluding carboxylic acids is 2. The molecular weight excluding hydrogens is 388 g/mol. The van der Waals surface area contributed by atoms with E-state index in [4.69, 9.17) is 4.74 Å². The number of nitrogens with zero attached hydrogens (tertiary/aromatic N) is 1. The fraction of sp³-hybridized carbons (Fsp3) is 0.462. The number of hydrogen-bond donors (Lipinski definition) is 1. The molecule has 0 radical (unpaired) electrons. The summed E-state index contributed by atoms with van der Waals surface area (Å²) in [5, 5.41) is 3.02. The molecule has 0 saturated carbocycles. The topological polar surface area (TPSA) is 58.6 Å². The average Bonchev–Trinajstić information content (AvgIpc) is 2.71. The van der Waals surface area contributed by atoms with Crippen LogP contribution in [0.2, 0.25) is 0 Å². The summed E-state index contributed by atoms with van der Waals surface area (Å²) in [6.45, 7) is 12.1. The van der Waals surface area contributed by atoms with Crippen LogP contribution in [0.25, 0.3) is 0 Å². The highest BCUT2D eigenvalue weighted by Gasteiger charge is 2.30. The zero-order valence-electron chi connectivity index (χ0n) is 19.7. The molecule has 0 aliphatic rings. The van der Waals surface area contributed by atoms with Crippen molar-refractivity contribution < 1.29 is 14.3 Å². The van der Waals surface area contributed by atoms with Gasteiger partial charge in [0.1, 0.15) is 11.8 Å². The number of ether oxygens (including phenoxy) is 1. The third-order valence-corrected chi connectivity index (χ3v) is 5.01. The zero-order valence-corrected chi connectivity index (χ0v) is 19.7. The Morgan fingerprint density at radius 1 is 1.03 bits per heavy atom. The largest absolute Gasteiger partial charge is 0.484 e. The van der Waals surface area contributed by atoms with Gasteiger partial charge in [-0.15, -0.1) is 0 Å². The fourth-order valence-electron chi connectivity index (χ4n) is 3.43. The molecule has 0 aliphatic carbocycles. The maximum absolute atomic E-state index is 13.2. The molecule has 5 nitrogen and oxygen atoms in total. The highest BCUT2D eigenvalue weighted by molar-refractivity contribution is 5.88. The van der Waals surface area contributed by atoms with Gasteiger partial charge in [-0.1, -0.05) is 55.8 Å². The van der Waals surface area contributed by atoms with Crippen molar-refractivity contribution in [3.05, 3.63) is 65.2 Å². The van der Waals surface area contributed by atoms with Crippen LogP contribution in [0.3, 0.4) is 0 Å². The molecule has 0 unspecified atom stereocenters. The third-order valence-electron chi connectivity index (χ3n) is 5.01. The third kappa shape index (κ3) is 7.74. The van der Waals surface area contributed by atoms with Gasteiger partial charge in [0.15, 0.2) is 6.61 Å². The van der Waals surface area contributed by atoms with Crippen molar-refractivity contribution in [1.82, 2.24) is 10.2 Å². The highest BCUT2D eigenvalue weighted by atomic mass is 16.5. The highest BCUT2D eigenvalue weighted by Crippen LogP contribution is 2.17. The summed E-state index contributed by atoms with van der Waals surface area (Å²) in [5.41, 5.74) is 2.94. The molecule has 0 aliphatic heterocycles. The minimum absolute atomic E-state index is 0.114. The van der Waals surface area contributed by atoms with Crippen molar-refractivity contribution in [1.29, 1.82) is 0 Å². The van der Waals surface area contributed by atoms with E-state index in [1.807, 2.05) is 83.1 Å². The number of aryl methyl sites for hydroxylation is 2. The molecule has 2 rings (SSSR count). The molecule has 0 spiro atoms. The normalized spacial score (nSPS) is 12.2. The summed E-state index contributed by atoms with van der Waals surface area (Å²) in [7, 11) is 0. The molecule has 1 atom stereocenters. The molecule has 0 saturated heterocycles. The van der Waals surface area contributed by atoms with E-state index in [1.54, 1.807) is 4.90 Å². The van der Waals surface area contributed by atoms with Gasteiger partial charge < -0.3 is 15.0 Å². The summed E-state index contributed by atoms with van der Waals surface area (Å²) in [6.07, 6.45) is 1.47. The number of hydrogen-bond acceptors (Lipinski definition) is 3. The van der Waals surface area contributed by atoms with Gasteiger partial charge in [-0.3, -0.25) is 9.59 Å². The van der Waals surface area contributed by atoms with E-state index in [9.17, 15) is 9.59 Å². The molecule has 0 heterocycles. The van der Waals surface area contributed by atoms with Gasteiger partial charge in [0.05, 0.1) is 0 Å². The van der Waals surface area contributed by atoms with E-state index >= 15 is 0 Å². The standard InChI is InChI=1S/C26H36N2O3/c1-7-20-12-14-22(15-13-20)31-18-24(29)28(17-21-11-9-10-19(3)16-21)23(8-2)25(30)27-26(4,5)6/h9-16,23H,7-8,17-18H2,1-6H3,(H,27,30)/t23-/m0/s1. The van der Waals surface area contributed by atoms with Crippen molar-refractivity contribution in [3.63, 3.8) is 0 Å². The van der Waals surface area contributed by atoms with Crippen molar-refractivity contribution in [3.8, 4) is 5.75 Å². The lowest BCUT2D eigenvalue weighted by Crippen LogP contribution is -2.54.